The number of hydrogen-bond donors (Lipinski definition) is 1. The van der Waals surface area contributed by atoms with Gasteiger partial charge in [0.15, 0.2) is 0 Å². The molecule has 1 amide bonds. The summed E-state index contributed by atoms with van der Waals surface area (Å²) in [5.41, 5.74) is 1.30. The number of anilines is 1. The van der Waals surface area contributed by atoms with Gasteiger partial charge in [0.1, 0.15) is 5.69 Å². The van der Waals surface area contributed by atoms with Crippen molar-refractivity contribution in [3.8, 4) is 0 Å². The number of carbonyl (C=O) groups excluding carboxylic acids is 1. The van der Waals surface area contributed by atoms with Gasteiger partial charge >= 0.3 is 0 Å². The van der Waals surface area contributed by atoms with Crippen molar-refractivity contribution in [2.24, 2.45) is 0 Å². The lowest BCUT2D eigenvalue weighted by Crippen LogP contribution is -2.39. The predicted molar refractivity (Wildman–Crippen MR) is 92.8 cm³/mol. The Kier molecular flexibility index (Phi) is 3.72. The fourth-order valence-electron chi connectivity index (χ4n) is 3.23. The van der Waals surface area contributed by atoms with Gasteiger partial charge in [-0.2, -0.15) is 0 Å². The maximum atomic E-state index is 12.8. The van der Waals surface area contributed by atoms with E-state index in [1.54, 1.807) is 41.1 Å². The van der Waals surface area contributed by atoms with Crippen molar-refractivity contribution in [3.05, 3.63) is 59.2 Å². The summed E-state index contributed by atoms with van der Waals surface area (Å²) in [5.74, 6) is -0.176. The molecular weight excluding hydrogens is 320 g/mol. The quantitative estimate of drug-likeness (QED) is 0.762. The molecule has 1 fully saturated rings. The molecule has 128 valence electrons. The Morgan fingerprint density at radius 3 is 2.92 bits per heavy atom. The fraction of sp³-hybridized carbons (Fsp3) is 0.294. The molecule has 0 bridgehead atoms. The van der Waals surface area contributed by atoms with E-state index in [9.17, 15) is 9.59 Å². The van der Waals surface area contributed by atoms with E-state index in [-0.39, 0.29) is 28.8 Å². The SMILES string of the molecule is CN(C(=O)c1cn2cc[nH]c(=O)c2n1)C1CCN(c2ccncc2)C1. The van der Waals surface area contributed by atoms with Crippen molar-refractivity contribution in [1.82, 2.24) is 24.3 Å². The molecule has 1 N–H and O–H groups in total. The fourth-order valence-corrected chi connectivity index (χ4v) is 3.23. The van der Waals surface area contributed by atoms with Crippen LogP contribution in [0.15, 0.2) is 47.9 Å². The minimum absolute atomic E-state index is 0.101. The number of H-pyrrole nitrogens is 1. The summed E-state index contributed by atoms with van der Waals surface area (Å²) in [7, 11) is 1.79. The van der Waals surface area contributed by atoms with E-state index in [1.165, 1.54) is 6.20 Å². The molecule has 1 atom stereocenters. The minimum Gasteiger partial charge on any atom is -0.369 e. The van der Waals surface area contributed by atoms with Crippen LogP contribution in [-0.2, 0) is 0 Å². The molecule has 1 unspecified atom stereocenters. The monoisotopic (exact) mass is 338 g/mol. The zero-order valence-electron chi connectivity index (χ0n) is 13.8. The standard InChI is InChI=1S/C17H18N6O2/c1-21(13-4-8-22(10-13)12-2-5-18-6-3-12)17(25)14-11-23-9-7-19-16(24)15(23)20-14/h2-3,5-7,9,11,13H,4,8,10H2,1H3,(H,19,24). The lowest BCUT2D eigenvalue weighted by Gasteiger charge is -2.24. The first-order valence-electron chi connectivity index (χ1n) is 8.12. The summed E-state index contributed by atoms with van der Waals surface area (Å²) < 4.78 is 1.57. The highest BCUT2D eigenvalue weighted by atomic mass is 16.2. The van der Waals surface area contributed by atoms with Gasteiger partial charge in [-0.15, -0.1) is 0 Å². The average molecular weight is 338 g/mol. The van der Waals surface area contributed by atoms with Crippen molar-refractivity contribution in [2.45, 2.75) is 12.5 Å². The molecule has 0 spiro atoms. The summed E-state index contributed by atoms with van der Waals surface area (Å²) in [6.45, 7) is 1.65. The normalized spacial score (nSPS) is 17.2. The number of amides is 1. The van der Waals surface area contributed by atoms with Gasteiger partial charge in [-0.1, -0.05) is 0 Å². The van der Waals surface area contributed by atoms with Crippen LogP contribution in [0, 0.1) is 0 Å². The lowest BCUT2D eigenvalue weighted by atomic mass is 10.2. The van der Waals surface area contributed by atoms with E-state index < -0.39 is 0 Å². The molecule has 1 aliphatic heterocycles. The summed E-state index contributed by atoms with van der Waals surface area (Å²) >= 11 is 0. The summed E-state index contributed by atoms with van der Waals surface area (Å²) in [4.78, 5) is 39.3. The van der Waals surface area contributed by atoms with E-state index in [4.69, 9.17) is 0 Å². The third kappa shape index (κ3) is 2.75. The topological polar surface area (TPSA) is 86.6 Å². The number of pyridine rings is 1. The summed E-state index contributed by atoms with van der Waals surface area (Å²) in [5, 5.41) is 0. The molecule has 1 saturated heterocycles. The Morgan fingerprint density at radius 2 is 2.16 bits per heavy atom. The zero-order valence-corrected chi connectivity index (χ0v) is 13.8. The molecule has 3 aromatic rings. The maximum absolute atomic E-state index is 12.8. The van der Waals surface area contributed by atoms with Gasteiger partial charge < -0.3 is 19.2 Å². The molecule has 4 heterocycles. The maximum Gasteiger partial charge on any atom is 0.291 e. The smallest absolute Gasteiger partial charge is 0.291 e. The van der Waals surface area contributed by atoms with Gasteiger partial charge in [-0.25, -0.2) is 4.98 Å². The van der Waals surface area contributed by atoms with Gasteiger partial charge in [0, 0.05) is 56.8 Å². The van der Waals surface area contributed by atoms with Gasteiger partial charge in [-0.3, -0.25) is 14.6 Å². The largest absolute Gasteiger partial charge is 0.369 e. The number of carbonyl (C=O) groups is 1. The second kappa shape index (κ2) is 6.04. The van der Waals surface area contributed by atoms with E-state index in [2.05, 4.69) is 19.9 Å². The van der Waals surface area contributed by atoms with E-state index >= 15 is 0 Å². The number of rotatable bonds is 3. The van der Waals surface area contributed by atoms with Crippen LogP contribution in [-0.4, -0.2) is 56.3 Å². The van der Waals surface area contributed by atoms with Crippen LogP contribution in [0.5, 0.6) is 0 Å². The van der Waals surface area contributed by atoms with Gasteiger partial charge in [0.25, 0.3) is 11.5 Å². The Hall–Kier alpha value is -3.16. The Balaban J connectivity index is 1.52. The lowest BCUT2D eigenvalue weighted by molar-refractivity contribution is 0.0739. The molecule has 25 heavy (non-hydrogen) atoms. The van der Waals surface area contributed by atoms with Crippen LogP contribution in [0.1, 0.15) is 16.9 Å². The van der Waals surface area contributed by atoms with Crippen LogP contribution < -0.4 is 10.5 Å². The molecule has 8 heteroatoms. The van der Waals surface area contributed by atoms with Crippen LogP contribution in [0.25, 0.3) is 5.65 Å². The third-order valence-corrected chi connectivity index (χ3v) is 4.66. The predicted octanol–water partition coefficient (Wildman–Crippen LogP) is 0.768. The highest BCUT2D eigenvalue weighted by Crippen LogP contribution is 2.22. The Bertz CT molecular complexity index is 964. The van der Waals surface area contributed by atoms with Crippen LogP contribution in [0.3, 0.4) is 0 Å². The molecule has 1 aliphatic rings. The first kappa shape index (κ1) is 15.4. The molecule has 8 nitrogen and oxygen atoms in total. The third-order valence-electron chi connectivity index (χ3n) is 4.66. The van der Waals surface area contributed by atoms with E-state index in [0.717, 1.165) is 25.2 Å². The molecule has 0 aliphatic carbocycles. The molecule has 0 radical (unpaired) electrons. The van der Waals surface area contributed by atoms with E-state index in [0.29, 0.717) is 0 Å². The molecule has 0 saturated carbocycles. The van der Waals surface area contributed by atoms with Gasteiger partial charge in [0.2, 0.25) is 5.65 Å². The van der Waals surface area contributed by atoms with Crippen molar-refractivity contribution in [2.75, 3.05) is 25.0 Å². The summed E-state index contributed by atoms with van der Waals surface area (Å²) in [6.07, 6.45) is 9.22. The minimum atomic E-state index is -0.311. The van der Waals surface area contributed by atoms with Crippen LogP contribution in [0.4, 0.5) is 5.69 Å². The Morgan fingerprint density at radius 1 is 1.36 bits per heavy atom. The second-order valence-electron chi connectivity index (χ2n) is 6.16. The van der Waals surface area contributed by atoms with Crippen molar-refractivity contribution < 1.29 is 4.79 Å². The first-order chi connectivity index (χ1) is 12.1. The van der Waals surface area contributed by atoms with Gasteiger partial charge in [-0.05, 0) is 18.6 Å². The van der Waals surface area contributed by atoms with E-state index in [1.807, 2.05) is 12.1 Å². The van der Waals surface area contributed by atoms with Crippen molar-refractivity contribution >= 4 is 17.2 Å². The number of aromatic nitrogens is 4. The highest BCUT2D eigenvalue weighted by Gasteiger charge is 2.30. The number of hydrogen-bond acceptors (Lipinski definition) is 5. The number of fused-ring (bicyclic) bond motifs is 1. The Labute approximate surface area is 143 Å². The van der Waals surface area contributed by atoms with Crippen LogP contribution in [0.2, 0.25) is 0 Å². The molecule has 3 aromatic heterocycles. The van der Waals surface area contributed by atoms with Crippen molar-refractivity contribution in [1.29, 1.82) is 0 Å². The number of nitrogens with zero attached hydrogens (tertiary/aromatic N) is 5. The summed E-state index contributed by atoms with van der Waals surface area (Å²) in [6, 6.07) is 4.04. The number of imidazole rings is 1. The second-order valence-corrected chi connectivity index (χ2v) is 6.16. The average Bonchev–Trinajstić information content (AvgIpc) is 3.29. The van der Waals surface area contributed by atoms with Gasteiger partial charge in [0.05, 0.1) is 6.04 Å². The first-order valence-corrected chi connectivity index (χ1v) is 8.12. The number of aromatic amines is 1. The highest BCUT2D eigenvalue weighted by molar-refractivity contribution is 5.93. The van der Waals surface area contributed by atoms with Crippen LogP contribution >= 0.6 is 0 Å². The number of nitrogens with one attached hydrogen (secondary N) is 1. The molecule has 4 rings (SSSR count). The molecular formula is C17H18N6O2. The van der Waals surface area contributed by atoms with Crippen molar-refractivity contribution in [3.63, 3.8) is 0 Å². The molecule has 0 aromatic carbocycles. The zero-order chi connectivity index (χ0) is 17.4. The number of likely N-dealkylation sites (N-methyl/N-ethyl adjacent to an activating group) is 1.